The molecule has 0 unspecified atom stereocenters. The van der Waals surface area contributed by atoms with Crippen LogP contribution in [-0.4, -0.2) is 19.5 Å². The quantitative estimate of drug-likeness (QED) is 0.174. The summed E-state index contributed by atoms with van der Waals surface area (Å²) in [6, 6.07) is 73.0. The largest absolute Gasteiger partial charge is 0.456 e. The third-order valence-corrected chi connectivity index (χ3v) is 12.3. The summed E-state index contributed by atoms with van der Waals surface area (Å²) >= 11 is 0. The van der Waals surface area contributed by atoms with Gasteiger partial charge in [-0.25, -0.2) is 15.0 Å². The number of nitrogens with zero attached hydrogens (tertiary/aromatic N) is 4. The predicted octanol–water partition coefficient (Wildman–Crippen LogP) is 15.0. The van der Waals surface area contributed by atoms with Gasteiger partial charge in [0.1, 0.15) is 11.2 Å². The normalized spacial score (nSPS) is 11.9. The lowest BCUT2D eigenvalue weighted by Gasteiger charge is -2.14. The number of hydrogen-bond acceptors (Lipinski definition) is 4. The van der Waals surface area contributed by atoms with Crippen LogP contribution in [0.15, 0.2) is 211 Å². The van der Waals surface area contributed by atoms with E-state index in [1.807, 2.05) is 12.1 Å². The summed E-state index contributed by atoms with van der Waals surface area (Å²) in [6.45, 7) is 0. The van der Waals surface area contributed by atoms with Gasteiger partial charge in [0, 0.05) is 32.8 Å². The van der Waals surface area contributed by atoms with E-state index in [1.165, 1.54) is 21.5 Å². The van der Waals surface area contributed by atoms with Crippen molar-refractivity contribution in [1.82, 2.24) is 19.5 Å². The second kappa shape index (κ2) is 13.6. The Labute approximate surface area is 355 Å². The molecule has 13 aromatic rings. The molecule has 0 amide bonds. The molecule has 0 fully saturated rings. The fourth-order valence-electron chi connectivity index (χ4n) is 9.33. The molecule has 0 bridgehead atoms. The van der Waals surface area contributed by atoms with Crippen LogP contribution in [0.3, 0.4) is 0 Å². The fraction of sp³-hybridized carbons (Fsp3) is 0. The highest BCUT2D eigenvalue weighted by molar-refractivity contribution is 6.17. The first kappa shape index (κ1) is 34.5. The monoisotopic (exact) mass is 790 g/mol. The molecule has 5 nitrogen and oxygen atoms in total. The molecule has 0 saturated carbocycles. The summed E-state index contributed by atoms with van der Waals surface area (Å²) in [4.78, 5) is 15.8. The first-order valence-electron chi connectivity index (χ1n) is 20.9. The van der Waals surface area contributed by atoms with E-state index in [9.17, 15) is 0 Å². The van der Waals surface area contributed by atoms with Crippen molar-refractivity contribution < 1.29 is 4.42 Å². The number of rotatable bonds is 5. The average molecular weight is 791 g/mol. The molecule has 5 heteroatoms. The van der Waals surface area contributed by atoms with Gasteiger partial charge < -0.3 is 8.98 Å². The van der Waals surface area contributed by atoms with Crippen molar-refractivity contribution in [2.45, 2.75) is 0 Å². The third-order valence-electron chi connectivity index (χ3n) is 12.3. The van der Waals surface area contributed by atoms with Crippen molar-refractivity contribution in [3.63, 3.8) is 0 Å². The maximum Gasteiger partial charge on any atom is 0.164 e. The van der Waals surface area contributed by atoms with Crippen LogP contribution in [-0.2, 0) is 0 Å². The van der Waals surface area contributed by atoms with Crippen LogP contribution in [0.4, 0.5) is 0 Å². The number of para-hydroxylation sites is 1. The molecule has 288 valence electrons. The van der Waals surface area contributed by atoms with E-state index in [1.54, 1.807) is 0 Å². The SMILES string of the molecule is c1ccc(-c2ccc3c4cc5ccccc5cc4n(-c4cc(-c5nc(-c6ccc7ccccc7c6)nc(-c6ccc7ccccc7c6)n5)cc5oc6ccccc6c45)c3c2)cc1. The van der Waals surface area contributed by atoms with Crippen molar-refractivity contribution in [3.05, 3.63) is 206 Å². The summed E-state index contributed by atoms with van der Waals surface area (Å²) in [5, 5.41) is 11.4. The maximum atomic E-state index is 6.78. The maximum absolute atomic E-state index is 6.78. The minimum absolute atomic E-state index is 0.561. The Kier molecular flexibility index (Phi) is 7.54. The van der Waals surface area contributed by atoms with Gasteiger partial charge in [-0.2, -0.15) is 0 Å². The molecule has 3 heterocycles. The Balaban J connectivity index is 1.12. The van der Waals surface area contributed by atoms with Gasteiger partial charge in [0.25, 0.3) is 0 Å². The minimum atomic E-state index is 0.561. The number of fused-ring (bicyclic) bond motifs is 9. The fourth-order valence-corrected chi connectivity index (χ4v) is 9.33. The van der Waals surface area contributed by atoms with Gasteiger partial charge in [-0.15, -0.1) is 0 Å². The van der Waals surface area contributed by atoms with E-state index in [0.29, 0.717) is 17.5 Å². The Morgan fingerprint density at radius 2 is 0.839 bits per heavy atom. The Hall–Kier alpha value is -8.41. The zero-order valence-electron chi connectivity index (χ0n) is 33.3. The topological polar surface area (TPSA) is 56.7 Å². The van der Waals surface area contributed by atoms with Crippen molar-refractivity contribution in [1.29, 1.82) is 0 Å². The molecule has 0 N–H and O–H groups in total. The van der Waals surface area contributed by atoms with Gasteiger partial charge in [-0.3, -0.25) is 0 Å². The summed E-state index contributed by atoms with van der Waals surface area (Å²) in [5.41, 5.74) is 9.75. The van der Waals surface area contributed by atoms with E-state index < -0.39 is 0 Å². The van der Waals surface area contributed by atoms with Crippen LogP contribution in [0.2, 0.25) is 0 Å². The Bertz CT molecular complexity index is 3840. The predicted molar refractivity (Wildman–Crippen MR) is 256 cm³/mol. The highest BCUT2D eigenvalue weighted by Crippen LogP contribution is 2.43. The second-order valence-electron chi connectivity index (χ2n) is 16.0. The molecule has 0 atom stereocenters. The van der Waals surface area contributed by atoms with Gasteiger partial charge in [0.2, 0.25) is 0 Å². The lowest BCUT2D eigenvalue weighted by molar-refractivity contribution is 0.669. The second-order valence-corrected chi connectivity index (χ2v) is 16.0. The number of aromatic nitrogens is 4. The number of benzene rings is 10. The van der Waals surface area contributed by atoms with Gasteiger partial charge in [-0.05, 0) is 92.0 Å². The van der Waals surface area contributed by atoms with Crippen LogP contribution in [0.25, 0.3) is 127 Å². The highest BCUT2D eigenvalue weighted by atomic mass is 16.3. The molecule has 0 radical (unpaired) electrons. The summed E-state index contributed by atoms with van der Waals surface area (Å²) in [6.07, 6.45) is 0. The van der Waals surface area contributed by atoms with Gasteiger partial charge in [-0.1, -0.05) is 158 Å². The highest BCUT2D eigenvalue weighted by Gasteiger charge is 2.22. The molecule has 0 saturated heterocycles. The van der Waals surface area contributed by atoms with Crippen molar-refractivity contribution in [2.24, 2.45) is 0 Å². The third kappa shape index (κ3) is 5.52. The van der Waals surface area contributed by atoms with Crippen molar-refractivity contribution in [3.8, 4) is 51.0 Å². The summed E-state index contributed by atoms with van der Waals surface area (Å²) < 4.78 is 9.21. The molecule has 0 aliphatic heterocycles. The lowest BCUT2D eigenvalue weighted by atomic mass is 10.0. The summed E-state index contributed by atoms with van der Waals surface area (Å²) in [7, 11) is 0. The molecule has 0 spiro atoms. The molecule has 0 aliphatic rings. The average Bonchev–Trinajstić information content (AvgIpc) is 3.87. The van der Waals surface area contributed by atoms with E-state index >= 15 is 0 Å². The Morgan fingerprint density at radius 3 is 1.52 bits per heavy atom. The molecule has 0 aliphatic carbocycles. The molecular weight excluding hydrogens is 757 g/mol. The first-order chi connectivity index (χ1) is 30.7. The van der Waals surface area contributed by atoms with Gasteiger partial charge >= 0.3 is 0 Å². The molecule has 10 aromatic carbocycles. The van der Waals surface area contributed by atoms with Crippen LogP contribution in [0.1, 0.15) is 0 Å². The van der Waals surface area contributed by atoms with Crippen LogP contribution < -0.4 is 0 Å². The van der Waals surface area contributed by atoms with E-state index in [4.69, 9.17) is 19.4 Å². The lowest BCUT2D eigenvalue weighted by Crippen LogP contribution is -2.02. The molecule has 62 heavy (non-hydrogen) atoms. The van der Waals surface area contributed by atoms with E-state index in [-0.39, 0.29) is 0 Å². The number of hydrogen-bond donors (Lipinski definition) is 0. The zero-order valence-corrected chi connectivity index (χ0v) is 33.3. The molecular formula is C57H34N4O. The number of furan rings is 1. The van der Waals surface area contributed by atoms with Crippen LogP contribution in [0, 0.1) is 0 Å². The molecule has 13 rings (SSSR count). The smallest absolute Gasteiger partial charge is 0.164 e. The zero-order chi connectivity index (χ0) is 40.7. The minimum Gasteiger partial charge on any atom is -0.456 e. The van der Waals surface area contributed by atoms with Gasteiger partial charge in [0.05, 0.1) is 22.1 Å². The van der Waals surface area contributed by atoms with Crippen molar-refractivity contribution >= 4 is 76.1 Å². The standard InChI is InChI=1S/C57H34N4O/c1-2-12-35(13-3-1)42-26-27-46-48-30-40-18-8-9-19-41(40)31-50(48)61(49(46)32-42)51-33-45(34-53-54(51)47-20-10-11-21-52(47)62-53)57-59-55(43-24-22-36-14-4-6-16-38(36)28-43)58-56(60-57)44-25-23-37-15-5-7-17-39(37)29-44/h1-34H. The van der Waals surface area contributed by atoms with Gasteiger partial charge in [0.15, 0.2) is 17.5 Å². The first-order valence-corrected chi connectivity index (χ1v) is 20.9. The Morgan fingerprint density at radius 1 is 0.306 bits per heavy atom. The molecule has 3 aromatic heterocycles. The van der Waals surface area contributed by atoms with E-state index in [2.05, 4.69) is 199 Å². The van der Waals surface area contributed by atoms with Crippen LogP contribution >= 0.6 is 0 Å². The van der Waals surface area contributed by atoms with Crippen molar-refractivity contribution in [2.75, 3.05) is 0 Å². The summed E-state index contributed by atoms with van der Waals surface area (Å²) in [5.74, 6) is 1.77. The van der Waals surface area contributed by atoms with E-state index in [0.717, 1.165) is 88.0 Å². The van der Waals surface area contributed by atoms with Crippen LogP contribution in [0.5, 0.6) is 0 Å².